The number of carbonyl (C=O) groups is 1. The first-order valence-electron chi connectivity index (χ1n) is 7.52. The number of H-pyrrole nitrogens is 1. The number of benzene rings is 1. The SMILES string of the molecule is COc1ccc(/C=N/NC(=O)CSc2ncnc3nc[nH]c23)cc1OC. The number of amides is 1. The van der Waals surface area contributed by atoms with Gasteiger partial charge in [0.2, 0.25) is 5.91 Å². The molecule has 0 fully saturated rings. The van der Waals surface area contributed by atoms with Gasteiger partial charge in [0.05, 0.1) is 32.5 Å². The van der Waals surface area contributed by atoms with Gasteiger partial charge in [0.25, 0.3) is 0 Å². The molecule has 134 valence electrons. The molecule has 3 rings (SSSR count). The molecule has 0 atom stereocenters. The number of aromatic nitrogens is 4. The van der Waals surface area contributed by atoms with Gasteiger partial charge in [0.15, 0.2) is 17.1 Å². The molecular weight excluding hydrogens is 356 g/mol. The maximum atomic E-state index is 11.9. The molecule has 0 aliphatic rings. The summed E-state index contributed by atoms with van der Waals surface area (Å²) in [5.41, 5.74) is 4.52. The van der Waals surface area contributed by atoms with Gasteiger partial charge in [-0.05, 0) is 23.8 Å². The summed E-state index contributed by atoms with van der Waals surface area (Å²) in [5, 5.41) is 4.61. The molecule has 0 radical (unpaired) electrons. The molecule has 10 heteroatoms. The Hall–Kier alpha value is -3.14. The molecule has 3 aromatic rings. The lowest BCUT2D eigenvalue weighted by atomic mass is 10.2. The fourth-order valence-electron chi connectivity index (χ4n) is 2.13. The monoisotopic (exact) mass is 372 g/mol. The number of nitrogens with one attached hydrogen (secondary N) is 2. The molecule has 0 spiro atoms. The van der Waals surface area contributed by atoms with Crippen LogP contribution in [0.15, 0.2) is 41.0 Å². The lowest BCUT2D eigenvalue weighted by Gasteiger charge is -2.07. The topological polar surface area (TPSA) is 114 Å². The molecule has 9 nitrogen and oxygen atoms in total. The zero-order valence-electron chi connectivity index (χ0n) is 14.1. The highest BCUT2D eigenvalue weighted by molar-refractivity contribution is 8.00. The number of methoxy groups -OCH3 is 2. The number of fused-ring (bicyclic) bond motifs is 1. The number of nitrogens with zero attached hydrogens (tertiary/aromatic N) is 4. The number of hydrazone groups is 1. The third-order valence-electron chi connectivity index (χ3n) is 3.34. The van der Waals surface area contributed by atoms with Crippen LogP contribution in [0.25, 0.3) is 11.2 Å². The Bertz CT molecular complexity index is 943. The molecule has 2 aromatic heterocycles. The Morgan fingerprint density at radius 2 is 2.12 bits per heavy atom. The molecule has 0 aliphatic carbocycles. The number of ether oxygens (including phenoxy) is 2. The minimum atomic E-state index is -0.252. The largest absolute Gasteiger partial charge is 0.493 e. The number of thioether (sulfide) groups is 1. The summed E-state index contributed by atoms with van der Waals surface area (Å²) in [7, 11) is 3.12. The standard InChI is InChI=1S/C16H16N6O3S/c1-24-11-4-3-10(5-12(11)25-2)6-21-22-13(23)7-26-16-14-15(18-8-17-14)19-9-20-16/h3-6,8-9H,7H2,1-2H3,(H,22,23)(H,17,18,19,20)/b21-6+. The first-order chi connectivity index (χ1) is 12.7. The van der Waals surface area contributed by atoms with Crippen LogP contribution in [0.4, 0.5) is 0 Å². The van der Waals surface area contributed by atoms with E-state index in [1.165, 1.54) is 30.6 Å². The molecule has 0 saturated carbocycles. The van der Waals surface area contributed by atoms with Crippen molar-refractivity contribution >= 4 is 35.0 Å². The van der Waals surface area contributed by atoms with Crippen molar-refractivity contribution in [1.29, 1.82) is 0 Å². The van der Waals surface area contributed by atoms with E-state index in [1.54, 1.807) is 26.4 Å². The highest BCUT2D eigenvalue weighted by Crippen LogP contribution is 2.26. The van der Waals surface area contributed by atoms with Crippen molar-refractivity contribution in [3.05, 3.63) is 36.4 Å². The van der Waals surface area contributed by atoms with Crippen molar-refractivity contribution in [2.24, 2.45) is 5.10 Å². The van der Waals surface area contributed by atoms with E-state index in [0.717, 1.165) is 5.56 Å². The summed E-state index contributed by atoms with van der Waals surface area (Å²) in [5.74, 6) is 1.12. The van der Waals surface area contributed by atoms with Gasteiger partial charge in [-0.15, -0.1) is 0 Å². The summed E-state index contributed by atoms with van der Waals surface area (Å²) < 4.78 is 10.4. The Labute approximate surface area is 153 Å². The fourth-order valence-corrected chi connectivity index (χ4v) is 2.88. The Kier molecular flexibility index (Phi) is 5.64. The number of hydrogen-bond acceptors (Lipinski definition) is 8. The second-order valence-electron chi connectivity index (χ2n) is 4.98. The highest BCUT2D eigenvalue weighted by atomic mass is 32.2. The van der Waals surface area contributed by atoms with E-state index in [0.29, 0.717) is 27.7 Å². The van der Waals surface area contributed by atoms with E-state index in [2.05, 4.69) is 30.5 Å². The maximum absolute atomic E-state index is 11.9. The van der Waals surface area contributed by atoms with E-state index < -0.39 is 0 Å². The predicted molar refractivity (Wildman–Crippen MR) is 97.7 cm³/mol. The minimum absolute atomic E-state index is 0.161. The molecule has 2 N–H and O–H groups in total. The molecule has 0 aliphatic heterocycles. The van der Waals surface area contributed by atoms with Crippen LogP contribution >= 0.6 is 11.8 Å². The van der Waals surface area contributed by atoms with Gasteiger partial charge in [0, 0.05) is 0 Å². The number of aromatic amines is 1. The third kappa shape index (κ3) is 4.09. The number of carbonyl (C=O) groups excluding carboxylic acids is 1. The quantitative estimate of drug-likeness (QED) is 0.280. The van der Waals surface area contributed by atoms with Crippen molar-refractivity contribution in [1.82, 2.24) is 25.4 Å². The van der Waals surface area contributed by atoms with Crippen LogP contribution in [0.3, 0.4) is 0 Å². The molecule has 26 heavy (non-hydrogen) atoms. The lowest BCUT2D eigenvalue weighted by Crippen LogP contribution is -2.19. The van der Waals surface area contributed by atoms with E-state index >= 15 is 0 Å². The average Bonchev–Trinajstić information content (AvgIpc) is 3.15. The summed E-state index contributed by atoms with van der Waals surface area (Å²) in [6.07, 6.45) is 4.48. The molecule has 2 heterocycles. The van der Waals surface area contributed by atoms with E-state index in [9.17, 15) is 4.79 Å². The van der Waals surface area contributed by atoms with Crippen molar-refractivity contribution in [3.63, 3.8) is 0 Å². The normalized spacial score (nSPS) is 11.0. The van der Waals surface area contributed by atoms with E-state index in [1.807, 2.05) is 6.07 Å². The molecule has 0 saturated heterocycles. The molecule has 0 unspecified atom stereocenters. The van der Waals surface area contributed by atoms with Gasteiger partial charge in [-0.25, -0.2) is 20.4 Å². The second kappa shape index (κ2) is 8.30. The van der Waals surface area contributed by atoms with Crippen LogP contribution in [0, 0.1) is 0 Å². The number of rotatable bonds is 7. The maximum Gasteiger partial charge on any atom is 0.250 e. The van der Waals surface area contributed by atoms with Gasteiger partial charge in [-0.2, -0.15) is 5.10 Å². The predicted octanol–water partition coefficient (Wildman–Crippen LogP) is 1.61. The highest BCUT2D eigenvalue weighted by Gasteiger charge is 2.09. The Morgan fingerprint density at radius 1 is 1.27 bits per heavy atom. The average molecular weight is 372 g/mol. The summed E-state index contributed by atoms with van der Waals surface area (Å²) in [4.78, 5) is 27.1. The molecule has 0 bridgehead atoms. The van der Waals surface area contributed by atoms with Crippen molar-refractivity contribution in [3.8, 4) is 11.5 Å². The van der Waals surface area contributed by atoms with E-state index in [4.69, 9.17) is 9.47 Å². The van der Waals surface area contributed by atoms with Crippen LogP contribution in [0.5, 0.6) is 11.5 Å². The smallest absolute Gasteiger partial charge is 0.250 e. The summed E-state index contributed by atoms with van der Waals surface area (Å²) in [6, 6.07) is 5.34. The van der Waals surface area contributed by atoms with Gasteiger partial charge in [0.1, 0.15) is 16.9 Å². The first kappa shape index (κ1) is 17.7. The Balaban J connectivity index is 1.55. The molecule has 1 aromatic carbocycles. The van der Waals surface area contributed by atoms with Crippen LogP contribution < -0.4 is 14.9 Å². The first-order valence-corrected chi connectivity index (χ1v) is 8.50. The summed E-state index contributed by atoms with van der Waals surface area (Å²) in [6.45, 7) is 0. The fraction of sp³-hybridized carbons (Fsp3) is 0.188. The third-order valence-corrected chi connectivity index (χ3v) is 4.33. The van der Waals surface area contributed by atoms with Gasteiger partial charge in [-0.3, -0.25) is 4.79 Å². The lowest BCUT2D eigenvalue weighted by molar-refractivity contribution is -0.118. The Morgan fingerprint density at radius 3 is 2.92 bits per heavy atom. The van der Waals surface area contributed by atoms with Gasteiger partial charge >= 0.3 is 0 Å². The van der Waals surface area contributed by atoms with Gasteiger partial charge < -0.3 is 14.5 Å². The number of imidazole rings is 1. The molecule has 1 amide bonds. The molecular formula is C16H16N6O3S. The van der Waals surface area contributed by atoms with Crippen molar-refractivity contribution in [2.45, 2.75) is 5.03 Å². The number of hydrogen-bond donors (Lipinski definition) is 2. The minimum Gasteiger partial charge on any atom is -0.493 e. The van der Waals surface area contributed by atoms with Gasteiger partial charge in [-0.1, -0.05) is 11.8 Å². The van der Waals surface area contributed by atoms with Crippen LogP contribution in [0.1, 0.15) is 5.56 Å². The van der Waals surface area contributed by atoms with Crippen LogP contribution in [-0.2, 0) is 4.79 Å². The van der Waals surface area contributed by atoms with Crippen molar-refractivity contribution < 1.29 is 14.3 Å². The van der Waals surface area contributed by atoms with Crippen LogP contribution in [0.2, 0.25) is 0 Å². The summed E-state index contributed by atoms with van der Waals surface area (Å²) >= 11 is 1.28. The van der Waals surface area contributed by atoms with E-state index in [-0.39, 0.29) is 11.7 Å². The van der Waals surface area contributed by atoms with Crippen LogP contribution in [-0.4, -0.2) is 52.0 Å². The zero-order valence-corrected chi connectivity index (χ0v) is 14.9. The zero-order chi connectivity index (χ0) is 18.4. The van der Waals surface area contributed by atoms with Crippen molar-refractivity contribution in [2.75, 3.05) is 20.0 Å². The second-order valence-corrected chi connectivity index (χ2v) is 5.94.